The van der Waals surface area contributed by atoms with Crippen molar-refractivity contribution < 1.29 is 19.2 Å². The summed E-state index contributed by atoms with van der Waals surface area (Å²) in [6.45, 7) is -0.201. The first-order valence-electron chi connectivity index (χ1n) is 5.85. The van der Waals surface area contributed by atoms with Crippen LogP contribution in [-0.4, -0.2) is 28.1 Å². The predicted octanol–water partition coefficient (Wildman–Crippen LogP) is 1.38. The van der Waals surface area contributed by atoms with E-state index < -0.39 is 27.9 Å². The molecule has 1 aliphatic carbocycles. The molecule has 0 radical (unpaired) electrons. The highest BCUT2D eigenvalue weighted by Gasteiger charge is 2.38. The Bertz CT molecular complexity index is 523. The molecule has 19 heavy (non-hydrogen) atoms. The fraction of sp³-hybridized carbons (Fsp3) is 0.417. The molecule has 1 fully saturated rings. The normalized spacial score (nSPS) is 16.5. The molecule has 1 saturated carbocycles. The van der Waals surface area contributed by atoms with Crippen LogP contribution in [0.5, 0.6) is 0 Å². The molecule has 2 N–H and O–H groups in total. The summed E-state index contributed by atoms with van der Waals surface area (Å²) in [4.78, 5) is 21.6. The minimum atomic E-state index is -0.945. The largest absolute Gasteiger partial charge is 0.394 e. The number of carbonyl (C=O) groups is 1. The number of carbonyl (C=O) groups excluding carboxylic acids is 1. The first-order chi connectivity index (χ1) is 8.97. The zero-order valence-electron chi connectivity index (χ0n) is 10.1. The molecule has 2 rings (SSSR count). The van der Waals surface area contributed by atoms with E-state index in [9.17, 15) is 24.4 Å². The summed E-state index contributed by atoms with van der Waals surface area (Å²) in [7, 11) is 0. The minimum absolute atomic E-state index is 0.201. The maximum atomic E-state index is 13.6. The molecule has 0 heterocycles. The Hall–Kier alpha value is -2.02. The third-order valence-electron chi connectivity index (χ3n) is 3.40. The number of nitrogens with one attached hydrogen (secondary N) is 1. The van der Waals surface area contributed by atoms with Crippen LogP contribution in [0.3, 0.4) is 0 Å². The number of hydrogen-bond acceptors (Lipinski definition) is 4. The number of halogens is 1. The van der Waals surface area contributed by atoms with E-state index in [0.717, 1.165) is 18.6 Å². The topological polar surface area (TPSA) is 92.5 Å². The van der Waals surface area contributed by atoms with Crippen molar-refractivity contribution in [1.82, 2.24) is 5.32 Å². The van der Waals surface area contributed by atoms with Crippen molar-refractivity contribution in [1.29, 1.82) is 0 Å². The highest BCUT2D eigenvalue weighted by Crippen LogP contribution is 2.31. The Kier molecular flexibility index (Phi) is 3.48. The Morgan fingerprint density at radius 2 is 2.21 bits per heavy atom. The summed E-state index contributed by atoms with van der Waals surface area (Å²) in [6, 6.07) is 2.86. The number of amides is 1. The molecule has 1 aromatic rings. The van der Waals surface area contributed by atoms with E-state index in [1.807, 2.05) is 0 Å². The van der Waals surface area contributed by atoms with Crippen LogP contribution in [0, 0.1) is 15.9 Å². The fourth-order valence-corrected chi connectivity index (χ4v) is 2.04. The van der Waals surface area contributed by atoms with Gasteiger partial charge in [-0.2, -0.15) is 0 Å². The SMILES string of the molecule is O=C(NC1(CO)CCC1)c1ccc([N+](=O)[O-])cc1F. The first kappa shape index (κ1) is 13.4. The quantitative estimate of drug-likeness (QED) is 0.637. The molecular weight excluding hydrogens is 255 g/mol. The first-order valence-corrected chi connectivity index (χ1v) is 5.85. The highest BCUT2D eigenvalue weighted by molar-refractivity contribution is 5.95. The summed E-state index contributed by atoms with van der Waals surface area (Å²) >= 11 is 0. The van der Waals surface area contributed by atoms with Gasteiger partial charge in [0.1, 0.15) is 5.82 Å². The van der Waals surface area contributed by atoms with Crippen LogP contribution >= 0.6 is 0 Å². The van der Waals surface area contributed by atoms with Gasteiger partial charge in [-0.05, 0) is 25.3 Å². The van der Waals surface area contributed by atoms with Gasteiger partial charge in [0, 0.05) is 6.07 Å². The molecule has 6 nitrogen and oxygen atoms in total. The van der Waals surface area contributed by atoms with Gasteiger partial charge in [0.25, 0.3) is 11.6 Å². The van der Waals surface area contributed by atoms with Crippen LogP contribution in [0.1, 0.15) is 29.6 Å². The fourth-order valence-electron chi connectivity index (χ4n) is 2.04. The van der Waals surface area contributed by atoms with Crippen molar-refractivity contribution in [3.05, 3.63) is 39.7 Å². The molecule has 1 aliphatic rings. The molecule has 1 aromatic carbocycles. The number of rotatable bonds is 4. The molecule has 7 heteroatoms. The van der Waals surface area contributed by atoms with Gasteiger partial charge in [-0.15, -0.1) is 0 Å². The van der Waals surface area contributed by atoms with Gasteiger partial charge in [-0.3, -0.25) is 14.9 Å². The highest BCUT2D eigenvalue weighted by atomic mass is 19.1. The average molecular weight is 268 g/mol. The van der Waals surface area contributed by atoms with Crippen molar-refractivity contribution in [3.8, 4) is 0 Å². The van der Waals surface area contributed by atoms with Crippen molar-refractivity contribution in [2.75, 3.05) is 6.61 Å². The number of nitro groups is 1. The lowest BCUT2D eigenvalue weighted by atomic mass is 9.77. The Morgan fingerprint density at radius 3 is 2.63 bits per heavy atom. The number of nitrogens with zero attached hydrogens (tertiary/aromatic N) is 1. The summed E-state index contributed by atoms with van der Waals surface area (Å²) < 4.78 is 13.6. The van der Waals surface area contributed by atoms with E-state index >= 15 is 0 Å². The monoisotopic (exact) mass is 268 g/mol. The zero-order chi connectivity index (χ0) is 14.0. The van der Waals surface area contributed by atoms with Gasteiger partial charge >= 0.3 is 0 Å². The average Bonchev–Trinajstić information content (AvgIpc) is 2.33. The molecule has 0 aliphatic heterocycles. The van der Waals surface area contributed by atoms with E-state index in [2.05, 4.69) is 5.32 Å². The van der Waals surface area contributed by atoms with E-state index in [1.165, 1.54) is 0 Å². The number of non-ortho nitro benzene ring substituents is 1. The van der Waals surface area contributed by atoms with Crippen LogP contribution < -0.4 is 5.32 Å². The molecule has 102 valence electrons. The van der Waals surface area contributed by atoms with Gasteiger partial charge in [-0.1, -0.05) is 0 Å². The molecule has 0 bridgehead atoms. The predicted molar refractivity (Wildman–Crippen MR) is 64.2 cm³/mol. The maximum absolute atomic E-state index is 13.6. The third kappa shape index (κ3) is 2.55. The Morgan fingerprint density at radius 1 is 1.53 bits per heavy atom. The second-order valence-electron chi connectivity index (χ2n) is 4.67. The lowest BCUT2D eigenvalue weighted by Crippen LogP contribution is -2.56. The third-order valence-corrected chi connectivity index (χ3v) is 3.40. The summed E-state index contributed by atoms with van der Waals surface area (Å²) in [6.07, 6.45) is 2.18. The molecule has 0 aromatic heterocycles. The standard InChI is InChI=1S/C12H13FN2O4/c13-10-6-8(15(18)19)2-3-9(10)11(17)14-12(7-16)4-1-5-12/h2-3,6,16H,1,4-5,7H2,(H,14,17). The van der Waals surface area contributed by atoms with Crippen molar-refractivity contribution in [3.63, 3.8) is 0 Å². The molecule has 0 atom stereocenters. The van der Waals surface area contributed by atoms with Gasteiger partial charge in [0.2, 0.25) is 0 Å². The molecular formula is C12H13FN2O4. The van der Waals surface area contributed by atoms with Crippen molar-refractivity contribution in [2.24, 2.45) is 0 Å². The van der Waals surface area contributed by atoms with Crippen molar-refractivity contribution >= 4 is 11.6 Å². The Balaban J connectivity index is 2.17. The van der Waals surface area contributed by atoms with Crippen LogP contribution in [0.15, 0.2) is 18.2 Å². The number of benzene rings is 1. The molecule has 0 unspecified atom stereocenters. The smallest absolute Gasteiger partial charge is 0.272 e. The van der Waals surface area contributed by atoms with E-state index in [0.29, 0.717) is 18.9 Å². The molecule has 1 amide bonds. The number of aliphatic hydroxyl groups is 1. The van der Waals surface area contributed by atoms with E-state index in [4.69, 9.17) is 0 Å². The van der Waals surface area contributed by atoms with Gasteiger partial charge in [0.05, 0.1) is 28.7 Å². The number of hydrogen-bond donors (Lipinski definition) is 2. The zero-order valence-corrected chi connectivity index (χ0v) is 10.1. The van der Waals surface area contributed by atoms with Crippen LogP contribution in [0.25, 0.3) is 0 Å². The van der Waals surface area contributed by atoms with Crippen LogP contribution in [0.4, 0.5) is 10.1 Å². The van der Waals surface area contributed by atoms with Gasteiger partial charge in [-0.25, -0.2) is 4.39 Å². The molecule has 0 spiro atoms. The van der Waals surface area contributed by atoms with Crippen molar-refractivity contribution in [2.45, 2.75) is 24.8 Å². The lowest BCUT2D eigenvalue weighted by Gasteiger charge is -2.40. The minimum Gasteiger partial charge on any atom is -0.394 e. The summed E-state index contributed by atoms with van der Waals surface area (Å²) in [5.41, 5.74) is -1.34. The second kappa shape index (κ2) is 4.93. The summed E-state index contributed by atoms with van der Waals surface area (Å²) in [5.74, 6) is -1.61. The second-order valence-corrected chi connectivity index (χ2v) is 4.67. The van der Waals surface area contributed by atoms with Gasteiger partial charge < -0.3 is 10.4 Å². The summed E-state index contributed by atoms with van der Waals surface area (Å²) in [5, 5.41) is 22.3. The van der Waals surface area contributed by atoms with Crippen LogP contribution in [0.2, 0.25) is 0 Å². The van der Waals surface area contributed by atoms with Gasteiger partial charge in [0.15, 0.2) is 0 Å². The number of nitro benzene ring substituents is 1. The number of aliphatic hydroxyl groups excluding tert-OH is 1. The molecule has 0 saturated heterocycles. The van der Waals surface area contributed by atoms with Crippen LogP contribution in [-0.2, 0) is 0 Å². The Labute approximate surface area is 108 Å². The maximum Gasteiger partial charge on any atom is 0.272 e. The van der Waals surface area contributed by atoms with E-state index in [-0.39, 0.29) is 12.2 Å². The van der Waals surface area contributed by atoms with E-state index in [1.54, 1.807) is 0 Å². The lowest BCUT2D eigenvalue weighted by molar-refractivity contribution is -0.385.